The van der Waals surface area contributed by atoms with Crippen LogP contribution in [0.2, 0.25) is 0 Å². The summed E-state index contributed by atoms with van der Waals surface area (Å²) in [7, 11) is 1.57. The Morgan fingerprint density at radius 3 is 2.64 bits per heavy atom. The van der Waals surface area contributed by atoms with Crippen LogP contribution in [0, 0.1) is 5.82 Å². The van der Waals surface area contributed by atoms with Gasteiger partial charge in [-0.1, -0.05) is 36.4 Å². The van der Waals surface area contributed by atoms with Crippen molar-refractivity contribution in [1.82, 2.24) is 4.98 Å². The van der Waals surface area contributed by atoms with Crippen molar-refractivity contribution in [1.29, 1.82) is 0 Å². The summed E-state index contributed by atoms with van der Waals surface area (Å²) in [6.07, 6.45) is 0. The van der Waals surface area contributed by atoms with Gasteiger partial charge in [0.1, 0.15) is 17.9 Å². The van der Waals surface area contributed by atoms with E-state index in [2.05, 4.69) is 10.3 Å². The molecule has 1 aromatic heterocycles. The number of oxazole rings is 1. The SMILES string of the molecule is COc1cc(CNc2nc3ccccc3o2)ccc1OCc1ccccc1F. The van der Waals surface area contributed by atoms with Crippen LogP contribution in [0.5, 0.6) is 11.5 Å². The fourth-order valence-corrected chi connectivity index (χ4v) is 2.84. The van der Waals surface area contributed by atoms with Gasteiger partial charge in [0.05, 0.1) is 7.11 Å². The quantitative estimate of drug-likeness (QED) is 0.481. The maximum atomic E-state index is 13.7. The Labute approximate surface area is 161 Å². The molecule has 1 heterocycles. The minimum Gasteiger partial charge on any atom is -0.493 e. The summed E-state index contributed by atoms with van der Waals surface area (Å²) in [5.74, 6) is 0.838. The van der Waals surface area contributed by atoms with Gasteiger partial charge in [0, 0.05) is 12.1 Å². The van der Waals surface area contributed by atoms with Crippen LogP contribution in [-0.2, 0) is 13.2 Å². The van der Waals surface area contributed by atoms with Crippen molar-refractivity contribution in [2.24, 2.45) is 0 Å². The molecule has 1 N–H and O–H groups in total. The first-order chi connectivity index (χ1) is 13.7. The molecule has 0 saturated heterocycles. The predicted octanol–water partition coefficient (Wildman–Crippen LogP) is 5.17. The normalized spacial score (nSPS) is 10.8. The van der Waals surface area contributed by atoms with E-state index >= 15 is 0 Å². The molecular formula is C22H19FN2O3. The van der Waals surface area contributed by atoms with Crippen molar-refractivity contribution >= 4 is 17.1 Å². The van der Waals surface area contributed by atoms with E-state index in [1.165, 1.54) is 6.07 Å². The molecule has 0 unspecified atom stereocenters. The molecule has 0 spiro atoms. The number of aromatic nitrogens is 1. The lowest BCUT2D eigenvalue weighted by molar-refractivity contribution is 0.279. The molecule has 0 bridgehead atoms. The summed E-state index contributed by atoms with van der Waals surface area (Å²) in [5, 5.41) is 3.16. The van der Waals surface area contributed by atoms with Crippen molar-refractivity contribution in [3.8, 4) is 11.5 Å². The van der Waals surface area contributed by atoms with Crippen LogP contribution in [0.4, 0.5) is 10.4 Å². The van der Waals surface area contributed by atoms with Crippen molar-refractivity contribution in [2.45, 2.75) is 13.2 Å². The zero-order valence-corrected chi connectivity index (χ0v) is 15.3. The monoisotopic (exact) mass is 378 g/mol. The third kappa shape index (κ3) is 3.91. The molecule has 0 saturated carbocycles. The van der Waals surface area contributed by atoms with Crippen LogP contribution in [0.15, 0.2) is 71.1 Å². The average molecular weight is 378 g/mol. The molecule has 4 rings (SSSR count). The first-order valence-electron chi connectivity index (χ1n) is 8.85. The van der Waals surface area contributed by atoms with E-state index in [1.54, 1.807) is 25.3 Å². The highest BCUT2D eigenvalue weighted by Gasteiger charge is 2.09. The highest BCUT2D eigenvalue weighted by atomic mass is 19.1. The Morgan fingerprint density at radius 2 is 1.82 bits per heavy atom. The molecule has 0 fully saturated rings. The van der Waals surface area contributed by atoms with Crippen LogP contribution in [0.3, 0.4) is 0 Å². The van der Waals surface area contributed by atoms with E-state index < -0.39 is 0 Å². The molecular weight excluding hydrogens is 359 g/mol. The molecule has 0 radical (unpaired) electrons. The predicted molar refractivity (Wildman–Crippen MR) is 105 cm³/mol. The number of hydrogen-bond donors (Lipinski definition) is 1. The van der Waals surface area contributed by atoms with Crippen molar-refractivity contribution < 1.29 is 18.3 Å². The highest BCUT2D eigenvalue weighted by molar-refractivity contribution is 5.74. The zero-order chi connectivity index (χ0) is 19.3. The number of fused-ring (bicyclic) bond motifs is 1. The van der Waals surface area contributed by atoms with E-state index in [0.29, 0.717) is 29.6 Å². The van der Waals surface area contributed by atoms with Crippen LogP contribution < -0.4 is 14.8 Å². The van der Waals surface area contributed by atoms with Gasteiger partial charge < -0.3 is 19.2 Å². The molecule has 5 nitrogen and oxygen atoms in total. The molecule has 0 aliphatic carbocycles. The lowest BCUT2D eigenvalue weighted by atomic mass is 10.2. The number of anilines is 1. The summed E-state index contributed by atoms with van der Waals surface area (Å²) in [6.45, 7) is 0.639. The summed E-state index contributed by atoms with van der Waals surface area (Å²) in [5.41, 5.74) is 3.00. The average Bonchev–Trinajstić information content (AvgIpc) is 3.15. The minimum atomic E-state index is -0.291. The second kappa shape index (κ2) is 8.00. The van der Waals surface area contributed by atoms with Crippen molar-refractivity contribution in [3.05, 3.63) is 83.7 Å². The van der Waals surface area contributed by atoms with Crippen LogP contribution in [-0.4, -0.2) is 12.1 Å². The van der Waals surface area contributed by atoms with E-state index in [4.69, 9.17) is 13.9 Å². The highest BCUT2D eigenvalue weighted by Crippen LogP contribution is 2.29. The summed E-state index contributed by atoms with van der Waals surface area (Å²) in [6, 6.07) is 20.2. The Bertz CT molecular complexity index is 1060. The molecule has 142 valence electrons. The van der Waals surface area contributed by atoms with Gasteiger partial charge in [0.25, 0.3) is 6.01 Å². The molecule has 28 heavy (non-hydrogen) atoms. The number of hydrogen-bond acceptors (Lipinski definition) is 5. The zero-order valence-electron chi connectivity index (χ0n) is 15.3. The maximum Gasteiger partial charge on any atom is 0.295 e. The fraction of sp³-hybridized carbons (Fsp3) is 0.136. The van der Waals surface area contributed by atoms with Gasteiger partial charge in [-0.15, -0.1) is 0 Å². The van der Waals surface area contributed by atoms with Gasteiger partial charge >= 0.3 is 0 Å². The topological polar surface area (TPSA) is 56.5 Å². The lowest BCUT2D eigenvalue weighted by Crippen LogP contribution is -2.02. The minimum absolute atomic E-state index is 0.129. The number of nitrogens with one attached hydrogen (secondary N) is 1. The third-order valence-corrected chi connectivity index (χ3v) is 4.31. The van der Waals surface area contributed by atoms with E-state index in [1.807, 2.05) is 42.5 Å². The first kappa shape index (κ1) is 17.9. The molecule has 3 aromatic carbocycles. The molecule has 6 heteroatoms. The van der Waals surface area contributed by atoms with Crippen molar-refractivity contribution in [2.75, 3.05) is 12.4 Å². The molecule has 0 amide bonds. The number of methoxy groups -OCH3 is 1. The number of halogens is 1. The smallest absolute Gasteiger partial charge is 0.295 e. The van der Waals surface area contributed by atoms with Gasteiger partial charge in [-0.2, -0.15) is 4.98 Å². The largest absolute Gasteiger partial charge is 0.493 e. The van der Waals surface area contributed by atoms with Gasteiger partial charge in [-0.05, 0) is 35.9 Å². The molecule has 0 aliphatic rings. The number of benzene rings is 3. The van der Waals surface area contributed by atoms with E-state index in [9.17, 15) is 4.39 Å². The molecule has 0 atom stereocenters. The summed E-state index contributed by atoms with van der Waals surface area (Å²) < 4.78 is 30.6. The molecule has 0 aliphatic heterocycles. The standard InChI is InChI=1S/C22H19FN2O3/c1-26-21-12-15(13-24-22-25-18-8-4-5-9-19(18)28-22)10-11-20(21)27-14-16-6-2-3-7-17(16)23/h2-12H,13-14H2,1H3,(H,24,25). The summed E-state index contributed by atoms with van der Waals surface area (Å²) >= 11 is 0. The molecule has 4 aromatic rings. The summed E-state index contributed by atoms with van der Waals surface area (Å²) in [4.78, 5) is 4.39. The van der Waals surface area contributed by atoms with Gasteiger partial charge in [0.15, 0.2) is 17.1 Å². The Balaban J connectivity index is 1.43. The third-order valence-electron chi connectivity index (χ3n) is 4.31. The second-order valence-electron chi connectivity index (χ2n) is 6.21. The van der Waals surface area contributed by atoms with Crippen LogP contribution >= 0.6 is 0 Å². The van der Waals surface area contributed by atoms with Gasteiger partial charge in [-0.3, -0.25) is 0 Å². The Hall–Kier alpha value is -3.54. The lowest BCUT2D eigenvalue weighted by Gasteiger charge is -2.13. The van der Waals surface area contributed by atoms with E-state index in [0.717, 1.165) is 16.7 Å². The van der Waals surface area contributed by atoms with Crippen LogP contribution in [0.1, 0.15) is 11.1 Å². The number of ether oxygens (including phenoxy) is 2. The van der Waals surface area contributed by atoms with Crippen LogP contribution in [0.25, 0.3) is 11.1 Å². The Kier molecular flexibility index (Phi) is 5.10. The van der Waals surface area contributed by atoms with E-state index in [-0.39, 0.29) is 12.4 Å². The number of rotatable bonds is 7. The second-order valence-corrected chi connectivity index (χ2v) is 6.21. The van der Waals surface area contributed by atoms with Crippen molar-refractivity contribution in [3.63, 3.8) is 0 Å². The van der Waals surface area contributed by atoms with Gasteiger partial charge in [-0.25, -0.2) is 4.39 Å². The first-order valence-corrected chi connectivity index (χ1v) is 8.85. The number of para-hydroxylation sites is 2. The number of nitrogens with zero attached hydrogens (tertiary/aromatic N) is 1. The van der Waals surface area contributed by atoms with Gasteiger partial charge in [0.2, 0.25) is 0 Å². The Morgan fingerprint density at radius 1 is 1.00 bits per heavy atom. The maximum absolute atomic E-state index is 13.7. The fourth-order valence-electron chi connectivity index (χ4n) is 2.84.